The normalized spacial score (nSPS) is 17.0. The number of carbonyl (C=O) groups is 2. The fourth-order valence-corrected chi connectivity index (χ4v) is 5.37. The SMILES string of the molecule is CC(C)(O)C(=O)N[C@@](C)(c1ccc(F)c(F)c1)c1ccc(CN2CC3(C2)CN(c2cncc(C#N)c2)C3)cn1.O=C(O)C(F)(F)F. The lowest BCUT2D eigenvalue weighted by atomic mass is 9.72. The molecule has 10 nitrogen and oxygen atoms in total. The van der Waals surface area contributed by atoms with Crippen molar-refractivity contribution in [2.45, 2.75) is 44.6 Å². The van der Waals surface area contributed by atoms with E-state index in [2.05, 4.69) is 31.2 Å². The molecular formula is C31H31F5N6O4. The molecule has 2 aliphatic rings. The van der Waals surface area contributed by atoms with E-state index in [0.29, 0.717) is 23.4 Å². The maximum absolute atomic E-state index is 14.1. The fourth-order valence-electron chi connectivity index (χ4n) is 5.37. The van der Waals surface area contributed by atoms with E-state index in [1.165, 1.54) is 19.9 Å². The van der Waals surface area contributed by atoms with Crippen LogP contribution in [0.5, 0.6) is 0 Å². The number of carbonyl (C=O) groups excluding carboxylic acids is 1. The minimum Gasteiger partial charge on any atom is -0.475 e. The van der Waals surface area contributed by atoms with Crippen LogP contribution in [0.25, 0.3) is 0 Å². The van der Waals surface area contributed by atoms with Crippen molar-refractivity contribution in [1.82, 2.24) is 20.2 Å². The van der Waals surface area contributed by atoms with Gasteiger partial charge in [0.15, 0.2) is 11.6 Å². The third-order valence-corrected chi connectivity index (χ3v) is 7.79. The van der Waals surface area contributed by atoms with Crippen LogP contribution in [0.1, 0.15) is 43.2 Å². The summed E-state index contributed by atoms with van der Waals surface area (Å²) in [6.45, 7) is 8.80. The van der Waals surface area contributed by atoms with E-state index >= 15 is 0 Å². The smallest absolute Gasteiger partial charge is 0.475 e. The number of hydrogen-bond acceptors (Lipinski definition) is 8. The largest absolute Gasteiger partial charge is 0.490 e. The number of nitriles is 1. The number of pyridine rings is 2. The zero-order valence-electron chi connectivity index (χ0n) is 25.1. The molecule has 1 spiro atoms. The van der Waals surface area contributed by atoms with Crippen LogP contribution in [0.2, 0.25) is 0 Å². The Morgan fingerprint density at radius 1 is 1.00 bits per heavy atom. The predicted octanol–water partition coefficient (Wildman–Crippen LogP) is 3.73. The van der Waals surface area contributed by atoms with Gasteiger partial charge in [0.05, 0.1) is 23.1 Å². The number of benzene rings is 1. The Morgan fingerprint density at radius 3 is 2.17 bits per heavy atom. The lowest BCUT2D eigenvalue weighted by molar-refractivity contribution is -0.192. The van der Waals surface area contributed by atoms with Crippen molar-refractivity contribution >= 4 is 17.6 Å². The summed E-state index contributed by atoms with van der Waals surface area (Å²) >= 11 is 0. The molecule has 0 aliphatic carbocycles. The number of nitrogens with zero attached hydrogens (tertiary/aromatic N) is 5. The van der Waals surface area contributed by atoms with Crippen molar-refractivity contribution in [3.63, 3.8) is 0 Å². The van der Waals surface area contributed by atoms with Gasteiger partial charge in [-0.1, -0.05) is 12.1 Å². The average molecular weight is 647 g/mol. The molecule has 5 rings (SSSR count). The highest BCUT2D eigenvalue weighted by Gasteiger charge is 2.51. The summed E-state index contributed by atoms with van der Waals surface area (Å²) < 4.78 is 59.5. The third kappa shape index (κ3) is 7.57. The Labute approximate surface area is 261 Å². The van der Waals surface area contributed by atoms with E-state index in [1.54, 1.807) is 31.6 Å². The van der Waals surface area contributed by atoms with Gasteiger partial charge < -0.3 is 20.4 Å². The minimum absolute atomic E-state index is 0.239. The second-order valence-corrected chi connectivity index (χ2v) is 12.2. The monoisotopic (exact) mass is 646 g/mol. The van der Waals surface area contributed by atoms with Crippen molar-refractivity contribution in [2.75, 3.05) is 31.1 Å². The molecule has 2 fully saturated rings. The highest BCUT2D eigenvalue weighted by molar-refractivity contribution is 5.85. The van der Waals surface area contributed by atoms with E-state index in [9.17, 15) is 31.9 Å². The average Bonchev–Trinajstić information content (AvgIpc) is 2.94. The Hall–Kier alpha value is -4.68. The van der Waals surface area contributed by atoms with Gasteiger partial charge in [-0.15, -0.1) is 0 Å². The van der Waals surface area contributed by atoms with E-state index in [0.717, 1.165) is 49.6 Å². The summed E-state index contributed by atoms with van der Waals surface area (Å²) in [7, 11) is 0. The molecule has 1 aromatic carbocycles. The van der Waals surface area contributed by atoms with Crippen LogP contribution in [0.3, 0.4) is 0 Å². The zero-order valence-corrected chi connectivity index (χ0v) is 25.1. The Balaban J connectivity index is 0.000000617. The molecule has 2 saturated heterocycles. The molecule has 0 unspecified atom stereocenters. The number of carboxylic acids is 1. The summed E-state index contributed by atoms with van der Waals surface area (Å²) in [5.41, 5.74) is 0.489. The molecule has 1 atom stereocenters. The number of halogens is 5. The van der Waals surface area contributed by atoms with E-state index < -0.39 is 40.8 Å². The standard InChI is InChI=1S/C29H30F2N6O2.C2HF3O2/c1-27(2,39)26(38)35-28(3,21-5-6-23(30)24(31)9-21)25-7-4-19(12-34-25)14-36-15-29(16-36)17-37(18-29)22-8-20(10-32)11-33-13-22;3-2(4,5)1(6)7/h4-9,11-13,39H,14-18H2,1-3H3,(H,35,38);(H,6,7)/t28-;/m0./s1. The van der Waals surface area contributed by atoms with Gasteiger partial charge in [-0.2, -0.15) is 18.4 Å². The Bertz CT molecular complexity index is 1640. The van der Waals surface area contributed by atoms with Gasteiger partial charge in [0.2, 0.25) is 0 Å². The van der Waals surface area contributed by atoms with Crippen molar-refractivity contribution in [3.05, 3.63) is 89.0 Å². The van der Waals surface area contributed by atoms with Crippen LogP contribution in [0, 0.1) is 28.4 Å². The lowest BCUT2D eigenvalue weighted by Gasteiger charge is -2.61. The van der Waals surface area contributed by atoms with Gasteiger partial charge in [-0.05, 0) is 56.2 Å². The lowest BCUT2D eigenvalue weighted by Crippen LogP contribution is -2.72. The number of aliphatic hydroxyl groups is 1. The van der Waals surface area contributed by atoms with Crippen molar-refractivity contribution in [3.8, 4) is 6.07 Å². The number of likely N-dealkylation sites (tertiary alicyclic amines) is 1. The molecule has 0 bridgehead atoms. The molecule has 1 amide bonds. The molecule has 46 heavy (non-hydrogen) atoms. The first-order valence-electron chi connectivity index (χ1n) is 13.9. The third-order valence-electron chi connectivity index (χ3n) is 7.79. The van der Waals surface area contributed by atoms with E-state index in [4.69, 9.17) is 15.2 Å². The number of carboxylic acid groups (broad SMARTS) is 1. The highest BCUT2D eigenvalue weighted by atomic mass is 19.4. The molecule has 2 aromatic heterocycles. The van der Waals surface area contributed by atoms with Crippen LogP contribution >= 0.6 is 0 Å². The molecule has 15 heteroatoms. The molecule has 244 valence electrons. The second kappa shape index (κ2) is 12.6. The van der Waals surface area contributed by atoms with Crippen LogP contribution in [-0.4, -0.2) is 74.9 Å². The number of amides is 1. The summed E-state index contributed by atoms with van der Waals surface area (Å²) in [5.74, 6) is -5.46. The molecular weight excluding hydrogens is 615 g/mol. The first-order chi connectivity index (χ1) is 21.3. The van der Waals surface area contributed by atoms with Crippen molar-refractivity contribution < 1.29 is 41.8 Å². The number of anilines is 1. The maximum Gasteiger partial charge on any atom is 0.490 e. The molecule has 3 aromatic rings. The van der Waals surface area contributed by atoms with Gasteiger partial charge >= 0.3 is 12.1 Å². The number of alkyl halides is 3. The minimum atomic E-state index is -5.08. The summed E-state index contributed by atoms with van der Waals surface area (Å²) in [6, 6.07) is 11.1. The second-order valence-electron chi connectivity index (χ2n) is 12.2. The van der Waals surface area contributed by atoms with Crippen LogP contribution in [0.4, 0.5) is 27.6 Å². The summed E-state index contributed by atoms with van der Waals surface area (Å²) in [4.78, 5) is 34.9. The Morgan fingerprint density at radius 2 is 1.65 bits per heavy atom. The predicted molar refractivity (Wildman–Crippen MR) is 154 cm³/mol. The van der Waals surface area contributed by atoms with Gasteiger partial charge in [-0.3, -0.25) is 19.7 Å². The number of nitrogens with one attached hydrogen (secondary N) is 1. The first-order valence-corrected chi connectivity index (χ1v) is 13.9. The molecule has 0 saturated carbocycles. The quantitative estimate of drug-likeness (QED) is 0.328. The van der Waals surface area contributed by atoms with Gasteiger partial charge in [0.1, 0.15) is 17.2 Å². The molecule has 3 N–H and O–H groups in total. The zero-order chi connectivity index (χ0) is 34.1. The number of hydrogen-bond donors (Lipinski definition) is 3. The van der Waals surface area contributed by atoms with Crippen molar-refractivity contribution in [1.29, 1.82) is 5.26 Å². The first kappa shape index (κ1) is 34.2. The topological polar surface area (TPSA) is 143 Å². The van der Waals surface area contributed by atoms with Crippen LogP contribution in [-0.2, 0) is 21.7 Å². The Kier molecular flexibility index (Phi) is 9.37. The summed E-state index contributed by atoms with van der Waals surface area (Å²) in [6.07, 6.45) is -0.0123. The van der Waals surface area contributed by atoms with Gasteiger partial charge in [0.25, 0.3) is 5.91 Å². The fraction of sp³-hybridized carbons (Fsp3) is 0.387. The van der Waals surface area contributed by atoms with E-state index in [-0.39, 0.29) is 5.41 Å². The summed E-state index contributed by atoms with van der Waals surface area (Å²) in [5, 5.41) is 29.2. The highest BCUT2D eigenvalue weighted by Crippen LogP contribution is 2.42. The van der Waals surface area contributed by atoms with Gasteiger partial charge in [-0.25, -0.2) is 13.6 Å². The van der Waals surface area contributed by atoms with Crippen molar-refractivity contribution in [2.24, 2.45) is 5.41 Å². The number of rotatable bonds is 7. The number of aliphatic carboxylic acids is 1. The van der Waals surface area contributed by atoms with Gasteiger partial charge in [0, 0.05) is 50.5 Å². The molecule has 0 radical (unpaired) electrons. The molecule has 4 heterocycles. The van der Waals surface area contributed by atoms with Crippen LogP contribution in [0.15, 0.2) is 55.0 Å². The maximum atomic E-state index is 14.1. The van der Waals surface area contributed by atoms with Crippen LogP contribution < -0.4 is 10.2 Å². The van der Waals surface area contributed by atoms with E-state index in [1.807, 2.05) is 12.1 Å². The molecule has 2 aliphatic heterocycles. The number of aromatic nitrogens is 2.